The van der Waals surface area contributed by atoms with Gasteiger partial charge in [0, 0.05) is 24.1 Å². The summed E-state index contributed by atoms with van der Waals surface area (Å²) in [5.74, 6) is -0.894. The molecule has 0 N–H and O–H groups in total. The van der Waals surface area contributed by atoms with Gasteiger partial charge in [0.15, 0.2) is 0 Å². The summed E-state index contributed by atoms with van der Waals surface area (Å²) in [4.78, 5) is 34.5. The number of carbonyl (C=O) groups excluding carboxylic acids is 1. The second kappa shape index (κ2) is 7.91. The number of benzene rings is 2. The number of hydrogen-bond acceptors (Lipinski definition) is 7. The van der Waals surface area contributed by atoms with E-state index in [1.54, 1.807) is 7.05 Å². The molecule has 0 aliphatic heterocycles. The van der Waals surface area contributed by atoms with E-state index >= 15 is 0 Å². The van der Waals surface area contributed by atoms with Crippen LogP contribution in [0.5, 0.6) is 0 Å². The minimum atomic E-state index is -0.894. The fraction of sp³-hybridized carbons (Fsp3) is 0.188. The molecule has 0 saturated carbocycles. The van der Waals surface area contributed by atoms with Crippen molar-refractivity contribution in [1.82, 2.24) is 0 Å². The number of nitro benzene ring substituents is 2. The standard InChI is InChI=1S/C16H14BrN3O6/c1-18(9-10-3-5-11(17)6-4-10)15-13(16(21)26-2)7-12(19(22)23)8-14(15)20(24)25/h3-8H,9H2,1-2H3. The maximum atomic E-state index is 12.1. The van der Waals surface area contributed by atoms with Crippen molar-refractivity contribution in [3.8, 4) is 0 Å². The number of hydrogen-bond donors (Lipinski definition) is 0. The normalized spacial score (nSPS) is 10.3. The van der Waals surface area contributed by atoms with E-state index in [4.69, 9.17) is 0 Å². The number of carbonyl (C=O) groups is 1. The third-order valence-corrected chi connectivity index (χ3v) is 4.13. The minimum absolute atomic E-state index is 0.0460. The molecule has 0 amide bonds. The van der Waals surface area contributed by atoms with Crippen LogP contribution in [0.25, 0.3) is 0 Å². The number of nitro groups is 2. The largest absolute Gasteiger partial charge is 0.465 e. The van der Waals surface area contributed by atoms with Crippen LogP contribution in [-0.4, -0.2) is 30.0 Å². The lowest BCUT2D eigenvalue weighted by molar-refractivity contribution is -0.393. The van der Waals surface area contributed by atoms with E-state index < -0.39 is 27.2 Å². The molecular formula is C16H14BrN3O6. The highest BCUT2D eigenvalue weighted by atomic mass is 79.9. The van der Waals surface area contributed by atoms with Gasteiger partial charge in [-0.1, -0.05) is 28.1 Å². The Morgan fingerprint density at radius 2 is 1.77 bits per heavy atom. The Morgan fingerprint density at radius 1 is 1.15 bits per heavy atom. The van der Waals surface area contributed by atoms with Crippen LogP contribution in [-0.2, 0) is 11.3 Å². The van der Waals surface area contributed by atoms with E-state index in [0.29, 0.717) is 0 Å². The number of non-ortho nitro benzene ring substituents is 1. The third kappa shape index (κ3) is 4.14. The van der Waals surface area contributed by atoms with Gasteiger partial charge in [0.25, 0.3) is 11.4 Å². The van der Waals surface area contributed by atoms with Gasteiger partial charge in [-0.05, 0) is 17.7 Å². The van der Waals surface area contributed by atoms with E-state index in [2.05, 4.69) is 20.7 Å². The lowest BCUT2D eigenvalue weighted by Crippen LogP contribution is -2.21. The van der Waals surface area contributed by atoms with Crippen molar-refractivity contribution in [2.24, 2.45) is 0 Å². The number of anilines is 1. The van der Waals surface area contributed by atoms with E-state index in [0.717, 1.165) is 29.3 Å². The van der Waals surface area contributed by atoms with E-state index in [1.165, 1.54) is 4.90 Å². The molecule has 0 aliphatic rings. The maximum Gasteiger partial charge on any atom is 0.340 e. The Morgan fingerprint density at radius 3 is 2.27 bits per heavy atom. The lowest BCUT2D eigenvalue weighted by Gasteiger charge is -2.21. The molecule has 0 spiro atoms. The molecule has 2 rings (SSSR count). The zero-order chi connectivity index (χ0) is 19.4. The summed E-state index contributed by atoms with van der Waals surface area (Å²) in [6.07, 6.45) is 0. The molecule has 0 unspecified atom stereocenters. The molecule has 0 aliphatic carbocycles. The topological polar surface area (TPSA) is 116 Å². The summed E-state index contributed by atoms with van der Waals surface area (Å²) in [5, 5.41) is 22.5. The van der Waals surface area contributed by atoms with Gasteiger partial charge in [-0.15, -0.1) is 0 Å². The molecule has 10 heteroatoms. The van der Waals surface area contributed by atoms with E-state index in [-0.39, 0.29) is 17.8 Å². The lowest BCUT2D eigenvalue weighted by atomic mass is 10.1. The Kier molecular flexibility index (Phi) is 5.88. The summed E-state index contributed by atoms with van der Waals surface area (Å²) >= 11 is 3.32. The number of methoxy groups -OCH3 is 1. The molecule has 136 valence electrons. The molecular weight excluding hydrogens is 410 g/mol. The summed E-state index contributed by atoms with van der Waals surface area (Å²) in [6.45, 7) is 0.246. The average molecular weight is 424 g/mol. The predicted octanol–water partition coefficient (Wildman–Crippen LogP) is 3.69. The van der Waals surface area contributed by atoms with Gasteiger partial charge in [-0.2, -0.15) is 0 Å². The fourth-order valence-electron chi connectivity index (χ4n) is 2.46. The Hall–Kier alpha value is -3.01. The molecule has 9 nitrogen and oxygen atoms in total. The van der Waals surface area contributed by atoms with Gasteiger partial charge in [-0.25, -0.2) is 4.79 Å². The zero-order valence-electron chi connectivity index (χ0n) is 13.8. The smallest absolute Gasteiger partial charge is 0.340 e. The van der Waals surface area contributed by atoms with E-state index in [1.807, 2.05) is 24.3 Å². The molecule has 0 aromatic heterocycles. The predicted molar refractivity (Wildman–Crippen MR) is 97.3 cm³/mol. The fourth-order valence-corrected chi connectivity index (χ4v) is 2.72. The molecule has 26 heavy (non-hydrogen) atoms. The average Bonchev–Trinajstić information content (AvgIpc) is 2.61. The van der Waals surface area contributed by atoms with Crippen molar-refractivity contribution in [3.63, 3.8) is 0 Å². The molecule has 2 aromatic rings. The maximum absolute atomic E-state index is 12.1. The van der Waals surface area contributed by atoms with Crippen LogP contribution in [0.15, 0.2) is 40.9 Å². The van der Waals surface area contributed by atoms with Crippen LogP contribution in [0.2, 0.25) is 0 Å². The van der Waals surface area contributed by atoms with Gasteiger partial charge in [-0.3, -0.25) is 20.2 Å². The van der Waals surface area contributed by atoms with Gasteiger partial charge in [0.1, 0.15) is 5.69 Å². The first kappa shape index (κ1) is 19.3. The van der Waals surface area contributed by atoms with Crippen LogP contribution < -0.4 is 4.90 Å². The minimum Gasteiger partial charge on any atom is -0.465 e. The molecule has 0 fully saturated rings. The highest BCUT2D eigenvalue weighted by Gasteiger charge is 2.30. The number of halogens is 1. The quantitative estimate of drug-likeness (QED) is 0.395. The Balaban J connectivity index is 2.59. The SMILES string of the molecule is COC(=O)c1cc([N+](=O)[O-])cc([N+](=O)[O-])c1N(C)Cc1ccc(Br)cc1. The van der Waals surface area contributed by atoms with Crippen LogP contribution in [0.3, 0.4) is 0 Å². The number of nitrogens with zero attached hydrogens (tertiary/aromatic N) is 3. The molecule has 0 atom stereocenters. The highest BCUT2D eigenvalue weighted by Crippen LogP contribution is 2.36. The van der Waals surface area contributed by atoms with Crippen molar-refractivity contribution in [2.75, 3.05) is 19.1 Å². The van der Waals surface area contributed by atoms with E-state index in [9.17, 15) is 25.0 Å². The van der Waals surface area contributed by atoms with Crippen molar-refractivity contribution < 1.29 is 19.4 Å². The third-order valence-electron chi connectivity index (χ3n) is 3.60. The first-order chi connectivity index (χ1) is 12.2. The van der Waals surface area contributed by atoms with Crippen LogP contribution in [0.4, 0.5) is 17.1 Å². The summed E-state index contributed by atoms with van der Waals surface area (Å²) in [6, 6.07) is 9.07. The van der Waals surface area contributed by atoms with Crippen LogP contribution >= 0.6 is 15.9 Å². The number of rotatable bonds is 6. The summed E-state index contributed by atoms with van der Waals surface area (Å²) in [5.41, 5.74) is -0.556. The second-order valence-corrected chi connectivity index (χ2v) is 6.27. The first-order valence-corrected chi connectivity index (χ1v) is 8.04. The van der Waals surface area contributed by atoms with Gasteiger partial charge < -0.3 is 9.64 Å². The first-order valence-electron chi connectivity index (χ1n) is 7.25. The van der Waals surface area contributed by atoms with Crippen LogP contribution in [0.1, 0.15) is 15.9 Å². The summed E-state index contributed by atoms with van der Waals surface area (Å²) < 4.78 is 5.52. The molecule has 0 saturated heterocycles. The second-order valence-electron chi connectivity index (χ2n) is 5.35. The van der Waals surface area contributed by atoms with Crippen molar-refractivity contribution in [2.45, 2.75) is 6.54 Å². The number of esters is 1. The van der Waals surface area contributed by atoms with Gasteiger partial charge >= 0.3 is 5.97 Å². The molecule has 0 heterocycles. The van der Waals surface area contributed by atoms with Gasteiger partial charge in [0.2, 0.25) is 0 Å². The molecule has 0 bridgehead atoms. The Labute approximate surface area is 156 Å². The van der Waals surface area contributed by atoms with Gasteiger partial charge in [0.05, 0.1) is 28.6 Å². The Bertz CT molecular complexity index is 869. The van der Waals surface area contributed by atoms with Crippen molar-refractivity contribution in [1.29, 1.82) is 0 Å². The zero-order valence-corrected chi connectivity index (χ0v) is 15.4. The van der Waals surface area contributed by atoms with Crippen molar-refractivity contribution in [3.05, 3.63) is 72.2 Å². The van der Waals surface area contributed by atoms with Crippen molar-refractivity contribution >= 4 is 39.0 Å². The summed E-state index contributed by atoms with van der Waals surface area (Å²) in [7, 11) is 2.66. The van der Waals surface area contributed by atoms with Crippen LogP contribution in [0, 0.1) is 20.2 Å². The number of ether oxygens (including phenoxy) is 1. The molecule has 0 radical (unpaired) electrons. The molecule has 2 aromatic carbocycles. The monoisotopic (exact) mass is 423 g/mol. The highest BCUT2D eigenvalue weighted by molar-refractivity contribution is 9.10.